The number of hydrogen-bond acceptors (Lipinski definition) is 8. The quantitative estimate of drug-likeness (QED) is 0.249. The van der Waals surface area contributed by atoms with E-state index in [1.165, 1.54) is 36.3 Å². The Morgan fingerprint density at radius 2 is 1.82 bits per heavy atom. The highest BCUT2D eigenvalue weighted by molar-refractivity contribution is 7.98. The average molecular weight is 572 g/mol. The van der Waals surface area contributed by atoms with Gasteiger partial charge in [0.1, 0.15) is 16.6 Å². The molecule has 0 fully saturated rings. The number of nitrogens with one attached hydrogen (secondary N) is 2. The van der Waals surface area contributed by atoms with Gasteiger partial charge >= 0.3 is 6.36 Å². The number of aromatic nitrogens is 2. The van der Waals surface area contributed by atoms with Gasteiger partial charge in [-0.15, -0.1) is 37.3 Å². The number of aliphatic hydroxyl groups is 1. The number of thioether (sulfide) groups is 1. The van der Waals surface area contributed by atoms with E-state index in [1.807, 2.05) is 0 Å². The molecule has 0 spiro atoms. The largest absolute Gasteiger partial charge is 0.573 e. The first-order chi connectivity index (χ1) is 17.6. The van der Waals surface area contributed by atoms with Crippen molar-refractivity contribution in [3.05, 3.63) is 72.1 Å². The fourth-order valence-corrected chi connectivity index (χ4v) is 4.00. The Morgan fingerprint density at radius 3 is 2.50 bits per heavy atom. The number of ether oxygens (including phenoxy) is 1. The number of carbonyl (C=O) groups excluding carboxylic acids is 2. The minimum absolute atomic E-state index is 0. The van der Waals surface area contributed by atoms with Crippen molar-refractivity contribution in [2.75, 3.05) is 17.2 Å². The Hall–Kier alpha value is -3.39. The van der Waals surface area contributed by atoms with Crippen LogP contribution in [-0.4, -0.2) is 45.9 Å². The number of pyridine rings is 2. The van der Waals surface area contributed by atoms with Gasteiger partial charge in [-0.2, -0.15) is 0 Å². The van der Waals surface area contributed by atoms with E-state index < -0.39 is 30.0 Å². The number of rotatable bonds is 11. The molecule has 9 nitrogen and oxygen atoms in total. The second kappa shape index (κ2) is 14.5. The van der Waals surface area contributed by atoms with E-state index >= 15 is 0 Å². The molecule has 2 amide bonds. The monoisotopic (exact) mass is 571 g/mol. The van der Waals surface area contributed by atoms with Gasteiger partial charge in [-0.3, -0.25) is 9.59 Å². The van der Waals surface area contributed by atoms with Crippen molar-refractivity contribution in [2.24, 2.45) is 5.73 Å². The number of halogens is 4. The zero-order valence-corrected chi connectivity index (χ0v) is 21.4. The molecule has 1 aromatic carbocycles. The van der Waals surface area contributed by atoms with Crippen LogP contribution in [-0.2, 0) is 10.5 Å². The number of aliphatic hydroxyl groups excluding tert-OH is 1. The first-order valence-corrected chi connectivity index (χ1v) is 12.0. The third-order valence-corrected chi connectivity index (χ3v) is 5.90. The molecule has 0 saturated heterocycles. The number of amides is 2. The molecule has 3 aromatic rings. The third-order valence-electron chi connectivity index (χ3n) is 4.82. The zero-order chi connectivity index (χ0) is 26.8. The van der Waals surface area contributed by atoms with E-state index in [2.05, 4.69) is 25.3 Å². The van der Waals surface area contributed by atoms with Crippen LogP contribution < -0.4 is 21.1 Å². The van der Waals surface area contributed by atoms with Gasteiger partial charge in [0.05, 0.1) is 11.6 Å². The van der Waals surface area contributed by atoms with Crippen molar-refractivity contribution in [1.29, 1.82) is 0 Å². The summed E-state index contributed by atoms with van der Waals surface area (Å²) in [4.78, 5) is 33.4. The molecule has 0 radical (unpaired) electrons. The van der Waals surface area contributed by atoms with E-state index in [-0.39, 0.29) is 30.3 Å². The van der Waals surface area contributed by atoms with E-state index in [4.69, 9.17) is 10.8 Å². The molecule has 5 N–H and O–H groups in total. The predicted molar refractivity (Wildman–Crippen MR) is 139 cm³/mol. The molecule has 204 valence electrons. The summed E-state index contributed by atoms with van der Waals surface area (Å²) in [5.74, 6) is -0.572. The van der Waals surface area contributed by atoms with Crippen LogP contribution in [0.1, 0.15) is 28.8 Å². The van der Waals surface area contributed by atoms with Gasteiger partial charge in [-0.25, -0.2) is 9.97 Å². The average Bonchev–Trinajstić information content (AvgIpc) is 2.86. The van der Waals surface area contributed by atoms with Gasteiger partial charge in [0.25, 0.3) is 5.91 Å². The molecule has 0 aliphatic rings. The lowest BCUT2D eigenvalue weighted by molar-refractivity contribution is -0.274. The normalized spacial score (nSPS) is 11.7. The molecule has 2 aromatic heterocycles. The first kappa shape index (κ1) is 30.8. The topological polar surface area (TPSA) is 139 Å². The highest BCUT2D eigenvalue weighted by atomic mass is 35.5. The number of nitrogens with two attached hydrogens (primary N) is 1. The molecule has 38 heavy (non-hydrogen) atoms. The fraction of sp³-hybridized carbons (Fsp3) is 0.250. The Kier molecular flexibility index (Phi) is 11.8. The van der Waals surface area contributed by atoms with Crippen LogP contribution >= 0.6 is 24.2 Å². The Bertz CT molecular complexity index is 1220. The maximum atomic E-state index is 12.8. The molecule has 1 unspecified atom stereocenters. The highest BCUT2D eigenvalue weighted by Gasteiger charge is 2.31. The molecule has 0 aliphatic heterocycles. The van der Waals surface area contributed by atoms with Gasteiger partial charge in [0, 0.05) is 30.4 Å². The number of hydrogen-bond donors (Lipinski definition) is 4. The summed E-state index contributed by atoms with van der Waals surface area (Å²) in [6, 6.07) is 10.6. The molecule has 3 rings (SSSR count). The Morgan fingerprint density at radius 1 is 1.08 bits per heavy atom. The standard InChI is InChI=1S/C24H24F3N5O4S.ClH/c25-24(26,27)36-17-7-5-16(6-8-17)31-21(34)18-3-1-10-30-23(18)37-14-15-9-11-29-20(13-15)32-22(35)19(28)4-2-12-33;/h1,3,5-11,13,19,33H,2,4,12,14,28H2,(H,31,34)(H,29,32,35);1H. The van der Waals surface area contributed by atoms with Crippen molar-refractivity contribution in [3.63, 3.8) is 0 Å². The summed E-state index contributed by atoms with van der Waals surface area (Å²) >= 11 is 1.28. The summed E-state index contributed by atoms with van der Waals surface area (Å²) in [5.41, 5.74) is 7.17. The molecule has 14 heteroatoms. The van der Waals surface area contributed by atoms with E-state index in [1.54, 1.807) is 24.3 Å². The van der Waals surface area contributed by atoms with Crippen LogP contribution in [0.4, 0.5) is 24.7 Å². The smallest absolute Gasteiger partial charge is 0.406 e. The lowest BCUT2D eigenvalue weighted by Gasteiger charge is -2.12. The van der Waals surface area contributed by atoms with Gasteiger partial charge in [0.2, 0.25) is 5.91 Å². The molecule has 0 bridgehead atoms. The Balaban J connectivity index is 0.00000507. The Labute approximate surface area is 226 Å². The molecule has 2 heterocycles. The second-order valence-corrected chi connectivity index (χ2v) is 8.65. The lowest BCUT2D eigenvalue weighted by atomic mass is 10.1. The molecule has 0 aliphatic carbocycles. The fourth-order valence-electron chi connectivity index (χ4n) is 3.06. The molecular formula is C24H25ClF3N5O4S. The number of carbonyl (C=O) groups is 2. The van der Waals surface area contributed by atoms with Crippen molar-refractivity contribution in [2.45, 2.75) is 36.0 Å². The summed E-state index contributed by atoms with van der Waals surface area (Å²) in [5, 5.41) is 14.6. The number of nitrogens with zero attached hydrogens (tertiary/aromatic N) is 2. The highest BCUT2D eigenvalue weighted by Crippen LogP contribution is 2.27. The zero-order valence-electron chi connectivity index (χ0n) is 19.8. The van der Waals surface area contributed by atoms with Crippen LogP contribution in [0.3, 0.4) is 0 Å². The minimum atomic E-state index is -4.80. The first-order valence-electron chi connectivity index (χ1n) is 11.0. The van der Waals surface area contributed by atoms with Crippen molar-refractivity contribution in [1.82, 2.24) is 9.97 Å². The van der Waals surface area contributed by atoms with Crippen LogP contribution in [0, 0.1) is 0 Å². The molecule has 1 atom stereocenters. The second-order valence-electron chi connectivity index (χ2n) is 7.68. The van der Waals surface area contributed by atoms with E-state index in [0.717, 1.165) is 17.7 Å². The van der Waals surface area contributed by atoms with Crippen LogP contribution in [0.2, 0.25) is 0 Å². The van der Waals surface area contributed by atoms with E-state index in [0.29, 0.717) is 29.4 Å². The van der Waals surface area contributed by atoms with Gasteiger partial charge < -0.3 is 26.2 Å². The summed E-state index contributed by atoms with van der Waals surface area (Å²) in [6.07, 6.45) is -0.984. The summed E-state index contributed by atoms with van der Waals surface area (Å²) < 4.78 is 40.8. The van der Waals surface area contributed by atoms with Gasteiger partial charge in [0.15, 0.2) is 0 Å². The van der Waals surface area contributed by atoms with Crippen molar-refractivity contribution < 1.29 is 32.6 Å². The van der Waals surface area contributed by atoms with Crippen LogP contribution in [0.5, 0.6) is 5.75 Å². The van der Waals surface area contributed by atoms with E-state index in [9.17, 15) is 22.8 Å². The minimum Gasteiger partial charge on any atom is -0.406 e. The SMILES string of the molecule is Cl.NC(CCCO)C(=O)Nc1cc(CSc2ncccc2C(=O)Nc2ccc(OC(F)(F)F)cc2)ccn1. The molecular weight excluding hydrogens is 547 g/mol. The van der Waals surface area contributed by atoms with Crippen molar-refractivity contribution >= 4 is 47.5 Å². The van der Waals surface area contributed by atoms with Crippen LogP contribution in [0.25, 0.3) is 0 Å². The summed E-state index contributed by atoms with van der Waals surface area (Å²) in [7, 11) is 0. The third kappa shape index (κ3) is 9.82. The number of benzene rings is 1. The maximum absolute atomic E-state index is 12.8. The van der Waals surface area contributed by atoms with Crippen molar-refractivity contribution in [3.8, 4) is 5.75 Å². The van der Waals surface area contributed by atoms with Crippen LogP contribution in [0.15, 0.2) is 66.0 Å². The van der Waals surface area contributed by atoms with Gasteiger partial charge in [-0.1, -0.05) is 0 Å². The number of alkyl halides is 3. The lowest BCUT2D eigenvalue weighted by Crippen LogP contribution is -2.35. The predicted octanol–water partition coefficient (Wildman–Crippen LogP) is 4.38. The van der Waals surface area contributed by atoms with Gasteiger partial charge in [-0.05, 0) is 66.9 Å². The maximum Gasteiger partial charge on any atom is 0.573 e. The number of anilines is 2. The summed E-state index contributed by atoms with van der Waals surface area (Å²) in [6.45, 7) is -0.0529. The molecule has 0 saturated carbocycles.